The number of benzene rings is 1. The lowest BCUT2D eigenvalue weighted by Gasteiger charge is -2.27. The van der Waals surface area contributed by atoms with Crippen molar-refractivity contribution in [2.24, 2.45) is 0 Å². The van der Waals surface area contributed by atoms with Crippen molar-refractivity contribution in [2.75, 3.05) is 6.61 Å². The van der Waals surface area contributed by atoms with Crippen LogP contribution in [0, 0.1) is 0 Å². The first kappa shape index (κ1) is 22.8. The molecule has 0 aliphatic rings. The van der Waals surface area contributed by atoms with Crippen LogP contribution in [-0.4, -0.2) is 28.0 Å². The summed E-state index contributed by atoms with van der Waals surface area (Å²) in [5.41, 5.74) is -0.566. The maximum atomic E-state index is 12.7. The van der Waals surface area contributed by atoms with Gasteiger partial charge in [-0.1, -0.05) is 20.3 Å². The minimum absolute atomic E-state index is 0.122. The summed E-state index contributed by atoms with van der Waals surface area (Å²) in [7, 11) is 0. The molecule has 0 aliphatic heterocycles. The van der Waals surface area contributed by atoms with Crippen molar-refractivity contribution in [1.29, 1.82) is 0 Å². The minimum atomic E-state index is -4.81. The number of rotatable bonds is 8. The molecule has 1 atom stereocenters. The number of hydrogen-bond donors (Lipinski definition) is 1. The highest BCUT2D eigenvalue weighted by atomic mass is 79.9. The van der Waals surface area contributed by atoms with Crippen LogP contribution < -0.4 is 9.47 Å². The molecule has 2 aromatic heterocycles. The van der Waals surface area contributed by atoms with Crippen LogP contribution in [-0.2, 0) is 5.60 Å². The van der Waals surface area contributed by atoms with Crippen LogP contribution in [0.2, 0.25) is 0 Å². The number of aliphatic hydroxyl groups is 1. The molecule has 0 amide bonds. The van der Waals surface area contributed by atoms with Gasteiger partial charge in [0.2, 0.25) is 0 Å². The Morgan fingerprint density at radius 3 is 2.60 bits per heavy atom. The smallest absolute Gasteiger partial charge is 0.493 e. The standard InChI is InChI=1S/C20H20BrF3N2O3S/c1-3-6-19(27,12-11-25-7-5-15(12)28-8-4-2)18-26-14-9-13(21)16(10-17(14)30-18)29-20(22,23)24/h5,7,9-11,27H,3-4,6,8H2,1-2H3. The van der Waals surface area contributed by atoms with Gasteiger partial charge in [-0.05, 0) is 40.9 Å². The molecular formula is C20H20BrF3N2O3S. The number of nitrogens with zero attached hydrogens (tertiary/aromatic N) is 2. The summed E-state index contributed by atoms with van der Waals surface area (Å²) in [6.07, 6.45) is 0.0889. The molecule has 1 unspecified atom stereocenters. The third kappa shape index (κ3) is 4.87. The van der Waals surface area contributed by atoms with Crippen LogP contribution in [0.15, 0.2) is 35.1 Å². The molecule has 0 fully saturated rings. The third-order valence-corrected chi connectivity index (χ3v) is 6.11. The maximum Gasteiger partial charge on any atom is 0.573 e. The van der Waals surface area contributed by atoms with Crippen LogP contribution in [0.4, 0.5) is 13.2 Å². The second-order valence-corrected chi connectivity index (χ2v) is 8.53. The molecule has 5 nitrogen and oxygen atoms in total. The second-order valence-electron chi connectivity index (χ2n) is 6.65. The van der Waals surface area contributed by atoms with Crippen molar-refractivity contribution < 1.29 is 27.8 Å². The number of pyridine rings is 1. The lowest BCUT2D eigenvalue weighted by molar-refractivity contribution is -0.274. The molecule has 10 heteroatoms. The van der Waals surface area contributed by atoms with E-state index in [1.807, 2.05) is 13.8 Å². The van der Waals surface area contributed by atoms with Gasteiger partial charge < -0.3 is 14.6 Å². The van der Waals surface area contributed by atoms with E-state index in [2.05, 4.69) is 30.6 Å². The van der Waals surface area contributed by atoms with Crippen LogP contribution in [0.3, 0.4) is 0 Å². The van der Waals surface area contributed by atoms with Gasteiger partial charge in [-0.2, -0.15) is 0 Å². The zero-order valence-corrected chi connectivity index (χ0v) is 18.7. The first-order valence-corrected chi connectivity index (χ1v) is 10.9. The molecule has 0 saturated heterocycles. The van der Waals surface area contributed by atoms with Crippen molar-refractivity contribution in [3.05, 3.63) is 45.6 Å². The van der Waals surface area contributed by atoms with Gasteiger partial charge >= 0.3 is 6.36 Å². The summed E-state index contributed by atoms with van der Waals surface area (Å²) in [5, 5.41) is 12.0. The molecule has 1 aromatic carbocycles. The fourth-order valence-electron chi connectivity index (χ4n) is 3.06. The van der Waals surface area contributed by atoms with E-state index in [0.29, 0.717) is 46.0 Å². The zero-order chi connectivity index (χ0) is 21.9. The number of alkyl halides is 3. The topological polar surface area (TPSA) is 64.5 Å². The number of ether oxygens (including phenoxy) is 2. The van der Waals surface area contributed by atoms with Crippen molar-refractivity contribution in [3.8, 4) is 11.5 Å². The predicted octanol–water partition coefficient (Wildman–Crippen LogP) is 6.18. The van der Waals surface area contributed by atoms with Gasteiger partial charge in [-0.25, -0.2) is 4.98 Å². The molecule has 0 radical (unpaired) electrons. The summed E-state index contributed by atoms with van der Waals surface area (Å²) >= 11 is 4.20. The van der Waals surface area contributed by atoms with Gasteiger partial charge in [0, 0.05) is 18.5 Å². The van der Waals surface area contributed by atoms with E-state index in [9.17, 15) is 18.3 Å². The molecule has 2 heterocycles. The van der Waals surface area contributed by atoms with E-state index in [-0.39, 0.29) is 10.2 Å². The molecular weight excluding hydrogens is 485 g/mol. The lowest BCUT2D eigenvalue weighted by atomic mass is 9.90. The highest BCUT2D eigenvalue weighted by Crippen LogP contribution is 2.44. The van der Waals surface area contributed by atoms with Crippen LogP contribution in [0.1, 0.15) is 43.7 Å². The summed E-state index contributed by atoms with van der Waals surface area (Å²) in [6, 6.07) is 4.39. The van der Waals surface area contributed by atoms with Crippen molar-refractivity contribution in [1.82, 2.24) is 9.97 Å². The Bertz CT molecular complexity index is 1030. The van der Waals surface area contributed by atoms with Crippen LogP contribution >= 0.6 is 27.3 Å². The first-order valence-electron chi connectivity index (χ1n) is 9.34. The third-order valence-electron chi connectivity index (χ3n) is 4.32. The van der Waals surface area contributed by atoms with Gasteiger partial charge in [-0.3, -0.25) is 4.98 Å². The summed E-state index contributed by atoms with van der Waals surface area (Å²) in [6.45, 7) is 4.38. The van der Waals surface area contributed by atoms with E-state index < -0.39 is 12.0 Å². The van der Waals surface area contributed by atoms with Crippen LogP contribution in [0.5, 0.6) is 11.5 Å². The monoisotopic (exact) mass is 504 g/mol. The quantitative estimate of drug-likeness (QED) is 0.396. The maximum absolute atomic E-state index is 12.7. The Morgan fingerprint density at radius 1 is 1.17 bits per heavy atom. The SMILES string of the molecule is CCCOc1ccncc1C(O)(CCC)c1nc2cc(Br)c(OC(F)(F)F)cc2s1. The second kappa shape index (κ2) is 9.07. The molecule has 30 heavy (non-hydrogen) atoms. The van der Waals surface area contributed by atoms with E-state index in [4.69, 9.17) is 4.74 Å². The number of hydrogen-bond acceptors (Lipinski definition) is 6. The number of thiazole rings is 1. The Kier molecular flexibility index (Phi) is 6.88. The molecule has 162 valence electrons. The summed E-state index contributed by atoms with van der Waals surface area (Å²) in [5.74, 6) is 0.141. The fourth-order valence-corrected chi connectivity index (χ4v) is 4.58. The fraction of sp³-hybridized carbons (Fsp3) is 0.400. The molecule has 3 rings (SSSR count). The first-order chi connectivity index (χ1) is 14.2. The van der Waals surface area contributed by atoms with Crippen molar-refractivity contribution >= 4 is 37.5 Å². The molecule has 3 aromatic rings. The lowest BCUT2D eigenvalue weighted by Crippen LogP contribution is -2.28. The van der Waals surface area contributed by atoms with Crippen molar-refractivity contribution in [3.63, 3.8) is 0 Å². The Morgan fingerprint density at radius 2 is 1.93 bits per heavy atom. The molecule has 0 spiro atoms. The number of aromatic nitrogens is 2. The summed E-state index contributed by atoms with van der Waals surface area (Å²) in [4.78, 5) is 8.65. The predicted molar refractivity (Wildman–Crippen MR) is 112 cm³/mol. The average molecular weight is 505 g/mol. The Labute approximate surface area is 184 Å². The zero-order valence-electron chi connectivity index (χ0n) is 16.3. The van der Waals surface area contributed by atoms with E-state index in [1.54, 1.807) is 18.5 Å². The van der Waals surface area contributed by atoms with Crippen LogP contribution in [0.25, 0.3) is 10.2 Å². The van der Waals surface area contributed by atoms with E-state index >= 15 is 0 Å². The highest BCUT2D eigenvalue weighted by Gasteiger charge is 2.38. The largest absolute Gasteiger partial charge is 0.573 e. The molecule has 0 saturated carbocycles. The highest BCUT2D eigenvalue weighted by molar-refractivity contribution is 9.10. The van der Waals surface area contributed by atoms with Gasteiger partial charge in [0.25, 0.3) is 0 Å². The van der Waals surface area contributed by atoms with Gasteiger partial charge in [-0.15, -0.1) is 24.5 Å². The van der Waals surface area contributed by atoms with E-state index in [0.717, 1.165) is 17.8 Å². The molecule has 0 bridgehead atoms. The molecule has 0 aliphatic carbocycles. The number of fused-ring (bicyclic) bond motifs is 1. The van der Waals surface area contributed by atoms with Gasteiger partial charge in [0.1, 0.15) is 22.1 Å². The van der Waals surface area contributed by atoms with Gasteiger partial charge in [0.05, 0.1) is 26.9 Å². The minimum Gasteiger partial charge on any atom is -0.493 e. The molecule has 1 N–H and O–H groups in total. The Balaban J connectivity index is 2.10. The van der Waals surface area contributed by atoms with Gasteiger partial charge in [0.15, 0.2) is 0 Å². The average Bonchev–Trinajstić information content (AvgIpc) is 3.09. The van der Waals surface area contributed by atoms with Crippen molar-refractivity contribution in [2.45, 2.75) is 45.1 Å². The Hall–Kier alpha value is -1.91. The normalized spacial score (nSPS) is 14.0. The summed E-state index contributed by atoms with van der Waals surface area (Å²) < 4.78 is 48.4. The number of halogens is 4. The van der Waals surface area contributed by atoms with E-state index in [1.165, 1.54) is 12.1 Å².